The van der Waals surface area contributed by atoms with Crippen LogP contribution in [0.15, 0.2) is 30.3 Å². The van der Waals surface area contributed by atoms with Crippen LogP contribution in [0.3, 0.4) is 0 Å². The van der Waals surface area contributed by atoms with Gasteiger partial charge in [0.05, 0.1) is 0 Å². The zero-order valence-electron chi connectivity index (χ0n) is 14.3. The molecule has 2 saturated heterocycles. The minimum atomic E-state index is -0.493. The van der Waals surface area contributed by atoms with Crippen molar-refractivity contribution in [2.24, 2.45) is 11.8 Å². The number of nitrogens with zero attached hydrogens (tertiary/aromatic N) is 1. The van der Waals surface area contributed by atoms with Crippen LogP contribution in [-0.4, -0.2) is 42.9 Å². The average molecular weight is 329 g/mol. The molecular weight excluding hydrogens is 302 g/mol. The third kappa shape index (κ3) is 3.78. The second-order valence-electron chi connectivity index (χ2n) is 6.96. The summed E-state index contributed by atoms with van der Waals surface area (Å²) >= 11 is 0. The van der Waals surface area contributed by atoms with E-state index in [1.807, 2.05) is 30.3 Å². The summed E-state index contributed by atoms with van der Waals surface area (Å²) < 4.78 is 0. The van der Waals surface area contributed by atoms with E-state index in [1.165, 1.54) is 0 Å². The highest BCUT2D eigenvalue weighted by Crippen LogP contribution is 2.28. The molecule has 2 heterocycles. The number of hydrogen-bond donors (Lipinski definition) is 2. The van der Waals surface area contributed by atoms with Crippen molar-refractivity contribution in [2.45, 2.75) is 32.2 Å². The lowest BCUT2D eigenvalue weighted by Crippen LogP contribution is -2.52. The molecule has 2 amide bonds. The van der Waals surface area contributed by atoms with E-state index in [4.69, 9.17) is 0 Å². The van der Waals surface area contributed by atoms with Gasteiger partial charge in [-0.05, 0) is 43.3 Å². The second kappa shape index (κ2) is 7.79. The molecule has 24 heavy (non-hydrogen) atoms. The highest BCUT2D eigenvalue weighted by Gasteiger charge is 2.35. The zero-order valence-corrected chi connectivity index (χ0v) is 14.3. The van der Waals surface area contributed by atoms with Crippen molar-refractivity contribution >= 4 is 11.8 Å². The SMILES string of the molecule is CC(CC(=O)N1CCNC(=O)C1c1ccccc1)C1CCNCC1. The molecule has 3 rings (SSSR count). The fourth-order valence-corrected chi connectivity index (χ4v) is 3.87. The third-order valence-electron chi connectivity index (χ3n) is 5.33. The fourth-order valence-electron chi connectivity index (χ4n) is 3.87. The lowest BCUT2D eigenvalue weighted by Gasteiger charge is -2.37. The Morgan fingerprint density at radius 3 is 2.62 bits per heavy atom. The summed E-state index contributed by atoms with van der Waals surface area (Å²) in [5.74, 6) is 0.991. The summed E-state index contributed by atoms with van der Waals surface area (Å²) in [6.45, 7) is 5.39. The number of nitrogens with one attached hydrogen (secondary N) is 2. The standard InChI is InChI=1S/C19H27N3O2/c1-14(15-7-9-20-10-8-15)13-17(23)22-12-11-21-19(24)18(22)16-5-3-2-4-6-16/h2-6,14-15,18,20H,7-13H2,1H3,(H,21,24). The van der Waals surface area contributed by atoms with Gasteiger partial charge in [-0.2, -0.15) is 0 Å². The molecule has 5 nitrogen and oxygen atoms in total. The maximum atomic E-state index is 12.9. The predicted molar refractivity (Wildman–Crippen MR) is 93.3 cm³/mol. The van der Waals surface area contributed by atoms with Crippen LogP contribution in [0, 0.1) is 11.8 Å². The van der Waals surface area contributed by atoms with Crippen LogP contribution in [0.5, 0.6) is 0 Å². The maximum absolute atomic E-state index is 12.9. The Balaban J connectivity index is 1.70. The van der Waals surface area contributed by atoms with Crippen LogP contribution >= 0.6 is 0 Å². The Morgan fingerprint density at radius 1 is 1.21 bits per heavy atom. The molecule has 1 aromatic carbocycles. The first-order valence-electron chi connectivity index (χ1n) is 8.99. The van der Waals surface area contributed by atoms with Gasteiger partial charge in [0.1, 0.15) is 6.04 Å². The molecule has 2 atom stereocenters. The Morgan fingerprint density at radius 2 is 1.92 bits per heavy atom. The topological polar surface area (TPSA) is 61.4 Å². The number of carbonyl (C=O) groups excluding carboxylic acids is 2. The van der Waals surface area contributed by atoms with Crippen molar-refractivity contribution in [2.75, 3.05) is 26.2 Å². The van der Waals surface area contributed by atoms with Crippen LogP contribution in [-0.2, 0) is 9.59 Å². The monoisotopic (exact) mass is 329 g/mol. The molecule has 2 N–H and O–H groups in total. The van der Waals surface area contributed by atoms with E-state index in [-0.39, 0.29) is 11.8 Å². The predicted octanol–water partition coefficient (Wildman–Crippen LogP) is 1.71. The summed E-state index contributed by atoms with van der Waals surface area (Å²) in [7, 11) is 0. The molecular formula is C19H27N3O2. The smallest absolute Gasteiger partial charge is 0.247 e. The molecule has 1 aromatic rings. The van der Waals surface area contributed by atoms with E-state index in [9.17, 15) is 9.59 Å². The van der Waals surface area contributed by atoms with E-state index in [2.05, 4.69) is 17.6 Å². The molecule has 5 heteroatoms. The molecule has 0 bridgehead atoms. The molecule has 2 unspecified atom stereocenters. The lowest BCUT2D eigenvalue weighted by atomic mass is 9.83. The number of carbonyl (C=O) groups is 2. The van der Waals surface area contributed by atoms with Gasteiger partial charge in [0.2, 0.25) is 11.8 Å². The highest BCUT2D eigenvalue weighted by molar-refractivity contribution is 5.89. The van der Waals surface area contributed by atoms with Gasteiger partial charge in [0.25, 0.3) is 0 Å². The van der Waals surface area contributed by atoms with Gasteiger partial charge in [-0.1, -0.05) is 37.3 Å². The lowest BCUT2D eigenvalue weighted by molar-refractivity contribution is -0.144. The number of hydrogen-bond acceptors (Lipinski definition) is 3. The van der Waals surface area contributed by atoms with Gasteiger partial charge < -0.3 is 15.5 Å². The molecule has 0 radical (unpaired) electrons. The van der Waals surface area contributed by atoms with Crippen LogP contribution in [0.25, 0.3) is 0 Å². The van der Waals surface area contributed by atoms with E-state index in [1.54, 1.807) is 4.90 Å². The Hall–Kier alpha value is -1.88. The van der Waals surface area contributed by atoms with Crippen molar-refractivity contribution in [1.29, 1.82) is 0 Å². The second-order valence-corrected chi connectivity index (χ2v) is 6.96. The quantitative estimate of drug-likeness (QED) is 0.884. The number of benzene rings is 1. The normalized spacial score (nSPS) is 23.6. The van der Waals surface area contributed by atoms with Gasteiger partial charge in [0.15, 0.2) is 0 Å². The molecule has 130 valence electrons. The van der Waals surface area contributed by atoms with Crippen molar-refractivity contribution < 1.29 is 9.59 Å². The number of rotatable bonds is 4. The molecule has 0 aromatic heterocycles. The van der Waals surface area contributed by atoms with Crippen molar-refractivity contribution in [3.63, 3.8) is 0 Å². The molecule has 2 fully saturated rings. The van der Waals surface area contributed by atoms with Gasteiger partial charge in [-0.15, -0.1) is 0 Å². The van der Waals surface area contributed by atoms with Crippen LogP contribution < -0.4 is 10.6 Å². The first-order chi connectivity index (χ1) is 11.7. The Kier molecular flexibility index (Phi) is 5.51. The maximum Gasteiger partial charge on any atom is 0.247 e. The summed E-state index contributed by atoms with van der Waals surface area (Å²) in [5.41, 5.74) is 0.887. The average Bonchev–Trinajstić information content (AvgIpc) is 2.63. The minimum absolute atomic E-state index is 0.0738. The Labute approximate surface area is 143 Å². The molecule has 2 aliphatic rings. The van der Waals surface area contributed by atoms with Gasteiger partial charge in [-0.25, -0.2) is 0 Å². The van der Waals surface area contributed by atoms with E-state index in [0.717, 1.165) is 31.5 Å². The molecule has 0 aliphatic carbocycles. The van der Waals surface area contributed by atoms with Crippen LogP contribution in [0.4, 0.5) is 0 Å². The van der Waals surface area contributed by atoms with E-state index in [0.29, 0.717) is 31.3 Å². The largest absolute Gasteiger partial charge is 0.352 e. The number of piperazine rings is 1. The fraction of sp³-hybridized carbons (Fsp3) is 0.579. The molecule has 2 aliphatic heterocycles. The first kappa shape index (κ1) is 17.0. The van der Waals surface area contributed by atoms with Gasteiger partial charge >= 0.3 is 0 Å². The molecule has 0 saturated carbocycles. The highest BCUT2D eigenvalue weighted by atomic mass is 16.2. The van der Waals surface area contributed by atoms with E-state index < -0.39 is 6.04 Å². The minimum Gasteiger partial charge on any atom is -0.352 e. The summed E-state index contributed by atoms with van der Waals surface area (Å²) in [4.78, 5) is 27.1. The third-order valence-corrected chi connectivity index (χ3v) is 5.33. The number of piperidine rings is 1. The van der Waals surface area contributed by atoms with Crippen LogP contribution in [0.1, 0.15) is 37.8 Å². The van der Waals surface area contributed by atoms with Gasteiger partial charge in [0, 0.05) is 19.5 Å². The van der Waals surface area contributed by atoms with Crippen molar-refractivity contribution in [3.8, 4) is 0 Å². The van der Waals surface area contributed by atoms with Gasteiger partial charge in [-0.3, -0.25) is 9.59 Å². The summed E-state index contributed by atoms with van der Waals surface area (Å²) in [6, 6.07) is 9.11. The zero-order chi connectivity index (χ0) is 16.9. The van der Waals surface area contributed by atoms with Crippen molar-refractivity contribution in [1.82, 2.24) is 15.5 Å². The number of amides is 2. The Bertz CT molecular complexity index is 569. The van der Waals surface area contributed by atoms with Crippen molar-refractivity contribution in [3.05, 3.63) is 35.9 Å². The first-order valence-corrected chi connectivity index (χ1v) is 8.99. The molecule has 0 spiro atoms. The summed E-state index contributed by atoms with van der Waals surface area (Å²) in [5, 5.41) is 6.26. The van der Waals surface area contributed by atoms with Crippen LogP contribution in [0.2, 0.25) is 0 Å². The van der Waals surface area contributed by atoms with E-state index >= 15 is 0 Å². The summed E-state index contributed by atoms with van der Waals surface area (Å²) in [6.07, 6.45) is 2.80.